The summed E-state index contributed by atoms with van der Waals surface area (Å²) in [6, 6.07) is 15.4. The molecule has 174 valence electrons. The van der Waals surface area contributed by atoms with Crippen LogP contribution in [0.15, 0.2) is 54.6 Å². The minimum Gasteiger partial charge on any atom is -0.393 e. The average molecular weight is 458 g/mol. The van der Waals surface area contributed by atoms with E-state index in [1.165, 1.54) is 0 Å². The third kappa shape index (κ3) is 3.54. The topological polar surface area (TPSA) is 114 Å². The van der Waals surface area contributed by atoms with Gasteiger partial charge >= 0.3 is 0 Å². The summed E-state index contributed by atoms with van der Waals surface area (Å²) in [6.45, 7) is 3.42. The Balaban J connectivity index is 1.62. The number of H-pyrrole nitrogens is 1. The first-order valence-corrected chi connectivity index (χ1v) is 11.3. The molecule has 34 heavy (non-hydrogen) atoms. The van der Waals surface area contributed by atoms with Crippen molar-refractivity contribution in [2.24, 2.45) is 0 Å². The number of allylic oxidation sites excluding steroid dienone is 1. The van der Waals surface area contributed by atoms with E-state index in [-0.39, 0.29) is 5.91 Å². The zero-order chi connectivity index (χ0) is 24.0. The molecule has 2 amide bonds. The summed E-state index contributed by atoms with van der Waals surface area (Å²) in [6.07, 6.45) is 3.30. The molecule has 1 aliphatic carbocycles. The van der Waals surface area contributed by atoms with E-state index in [0.717, 1.165) is 33.6 Å². The molecule has 3 aromatic rings. The standard InChI is InChI=1S/C27H27N3O4/c1-15-11-16(2)28-22(15)13-27(10-9-17-5-3-4-6-20(17)27)24-19-12-18(29-25(33)23(32)14-31)7-8-21(19)30-26(24)34/h3-12,23-24,28,31-32H,13-14H2,1-2H3,(H,29,33)(H,30,34). The van der Waals surface area contributed by atoms with Crippen molar-refractivity contribution in [1.82, 2.24) is 4.98 Å². The fourth-order valence-electron chi connectivity index (χ4n) is 5.32. The Hall–Kier alpha value is -3.68. The molecule has 5 N–H and O–H groups in total. The SMILES string of the molecule is Cc1cc(C)c(CC2(C3C(=O)Nc4ccc(NC(=O)C(O)CO)cc43)C=Cc3ccccc32)[nH]1. The molecule has 0 bridgehead atoms. The van der Waals surface area contributed by atoms with Crippen molar-refractivity contribution in [3.8, 4) is 0 Å². The molecule has 0 fully saturated rings. The molecular formula is C27H27N3O4. The highest BCUT2D eigenvalue weighted by Gasteiger charge is 2.50. The lowest BCUT2D eigenvalue weighted by Crippen LogP contribution is -2.37. The van der Waals surface area contributed by atoms with Gasteiger partial charge in [-0.25, -0.2) is 0 Å². The number of carbonyl (C=O) groups is 2. The van der Waals surface area contributed by atoms with Crippen LogP contribution in [-0.2, 0) is 21.4 Å². The number of aryl methyl sites for hydroxylation is 2. The number of aliphatic hydroxyl groups is 2. The summed E-state index contributed by atoms with van der Waals surface area (Å²) in [5, 5.41) is 24.4. The monoisotopic (exact) mass is 457 g/mol. The van der Waals surface area contributed by atoms with Crippen LogP contribution in [0.3, 0.4) is 0 Å². The number of nitrogens with one attached hydrogen (secondary N) is 3. The Morgan fingerprint density at radius 3 is 2.71 bits per heavy atom. The maximum atomic E-state index is 13.5. The van der Waals surface area contributed by atoms with Crippen LogP contribution >= 0.6 is 0 Å². The minimum atomic E-state index is -1.51. The largest absolute Gasteiger partial charge is 0.393 e. The molecule has 7 nitrogen and oxygen atoms in total. The van der Waals surface area contributed by atoms with E-state index in [4.69, 9.17) is 5.11 Å². The van der Waals surface area contributed by atoms with Gasteiger partial charge in [0.25, 0.3) is 5.91 Å². The van der Waals surface area contributed by atoms with Gasteiger partial charge in [0.15, 0.2) is 6.10 Å². The Morgan fingerprint density at radius 2 is 1.97 bits per heavy atom. The average Bonchev–Trinajstić information content (AvgIpc) is 3.45. The smallest absolute Gasteiger partial charge is 0.255 e. The number of hydrogen-bond acceptors (Lipinski definition) is 4. The van der Waals surface area contributed by atoms with Crippen LogP contribution in [-0.4, -0.2) is 39.7 Å². The van der Waals surface area contributed by atoms with E-state index < -0.39 is 30.0 Å². The maximum Gasteiger partial charge on any atom is 0.255 e. The molecule has 0 radical (unpaired) electrons. The van der Waals surface area contributed by atoms with Crippen LogP contribution in [0, 0.1) is 13.8 Å². The summed E-state index contributed by atoms with van der Waals surface area (Å²) in [5.74, 6) is -1.32. The number of hydrogen-bond donors (Lipinski definition) is 5. The van der Waals surface area contributed by atoms with E-state index in [1.54, 1.807) is 18.2 Å². The minimum absolute atomic E-state index is 0.101. The van der Waals surface area contributed by atoms with Crippen LogP contribution in [0.1, 0.15) is 39.6 Å². The van der Waals surface area contributed by atoms with Gasteiger partial charge in [-0.15, -0.1) is 0 Å². The van der Waals surface area contributed by atoms with Gasteiger partial charge in [-0.05, 0) is 60.4 Å². The van der Waals surface area contributed by atoms with Crippen molar-refractivity contribution < 1.29 is 19.8 Å². The number of carbonyl (C=O) groups excluding carboxylic acids is 2. The van der Waals surface area contributed by atoms with Gasteiger partial charge in [0.1, 0.15) is 0 Å². The van der Waals surface area contributed by atoms with Crippen molar-refractivity contribution >= 4 is 29.3 Å². The summed E-state index contributed by atoms with van der Waals surface area (Å²) in [5.41, 5.74) is 6.77. The maximum absolute atomic E-state index is 13.5. The van der Waals surface area contributed by atoms with Crippen molar-refractivity contribution in [3.63, 3.8) is 0 Å². The summed E-state index contributed by atoms with van der Waals surface area (Å²) >= 11 is 0. The van der Waals surface area contributed by atoms with Crippen molar-refractivity contribution in [3.05, 3.63) is 88.2 Å². The molecule has 3 atom stereocenters. The van der Waals surface area contributed by atoms with E-state index >= 15 is 0 Å². The molecule has 5 rings (SSSR count). The molecule has 2 aliphatic rings. The second kappa shape index (κ2) is 8.27. The fraction of sp³-hybridized carbons (Fsp3) is 0.259. The number of aromatic nitrogens is 1. The Labute approximate surface area is 197 Å². The number of amides is 2. The number of benzene rings is 2. The van der Waals surface area contributed by atoms with E-state index in [9.17, 15) is 14.7 Å². The molecular weight excluding hydrogens is 430 g/mol. The van der Waals surface area contributed by atoms with Gasteiger partial charge in [0.2, 0.25) is 5.91 Å². The molecule has 1 aromatic heterocycles. The molecule has 0 spiro atoms. The lowest BCUT2D eigenvalue weighted by molar-refractivity contribution is -0.125. The summed E-state index contributed by atoms with van der Waals surface area (Å²) in [7, 11) is 0. The number of rotatable bonds is 6. The summed E-state index contributed by atoms with van der Waals surface area (Å²) < 4.78 is 0. The second-order valence-electron chi connectivity index (χ2n) is 9.16. The van der Waals surface area contributed by atoms with E-state index in [1.807, 2.05) is 19.1 Å². The number of fused-ring (bicyclic) bond motifs is 2. The van der Waals surface area contributed by atoms with Gasteiger partial charge in [-0.1, -0.05) is 36.4 Å². The zero-order valence-corrected chi connectivity index (χ0v) is 19.1. The Morgan fingerprint density at radius 1 is 1.18 bits per heavy atom. The van der Waals surface area contributed by atoms with Gasteiger partial charge in [0.05, 0.1) is 12.5 Å². The van der Waals surface area contributed by atoms with Crippen molar-refractivity contribution in [1.29, 1.82) is 0 Å². The highest BCUT2D eigenvalue weighted by atomic mass is 16.3. The fourth-order valence-corrected chi connectivity index (χ4v) is 5.32. The van der Waals surface area contributed by atoms with Gasteiger partial charge in [-0.2, -0.15) is 0 Å². The van der Waals surface area contributed by atoms with Gasteiger partial charge in [0, 0.05) is 34.6 Å². The predicted octanol–water partition coefficient (Wildman–Crippen LogP) is 3.17. The molecule has 1 aliphatic heterocycles. The first kappa shape index (κ1) is 22.1. The van der Waals surface area contributed by atoms with Crippen LogP contribution in [0.25, 0.3) is 6.08 Å². The van der Waals surface area contributed by atoms with Crippen molar-refractivity contribution in [2.45, 2.75) is 37.7 Å². The first-order chi connectivity index (χ1) is 16.3. The Bertz CT molecular complexity index is 1330. The highest BCUT2D eigenvalue weighted by Crippen LogP contribution is 2.53. The second-order valence-corrected chi connectivity index (χ2v) is 9.16. The van der Waals surface area contributed by atoms with E-state index in [0.29, 0.717) is 17.8 Å². The zero-order valence-electron chi connectivity index (χ0n) is 19.1. The van der Waals surface area contributed by atoms with Crippen LogP contribution < -0.4 is 10.6 Å². The normalized spacial score (nSPS) is 21.2. The Kier molecular flexibility index (Phi) is 5.38. The molecule has 0 saturated heterocycles. The predicted molar refractivity (Wildman–Crippen MR) is 131 cm³/mol. The van der Waals surface area contributed by atoms with Gasteiger partial charge in [-0.3, -0.25) is 9.59 Å². The number of aliphatic hydroxyl groups excluding tert-OH is 2. The lowest BCUT2D eigenvalue weighted by atomic mass is 9.66. The number of anilines is 2. The highest BCUT2D eigenvalue weighted by molar-refractivity contribution is 6.06. The van der Waals surface area contributed by atoms with Crippen molar-refractivity contribution in [2.75, 3.05) is 17.2 Å². The summed E-state index contributed by atoms with van der Waals surface area (Å²) in [4.78, 5) is 29.1. The third-order valence-electron chi connectivity index (χ3n) is 6.89. The molecule has 7 heteroatoms. The van der Waals surface area contributed by atoms with E-state index in [2.05, 4.69) is 52.9 Å². The molecule has 0 saturated carbocycles. The molecule has 2 heterocycles. The van der Waals surface area contributed by atoms with Crippen LogP contribution in [0.4, 0.5) is 11.4 Å². The third-order valence-corrected chi connectivity index (χ3v) is 6.89. The lowest BCUT2D eigenvalue weighted by Gasteiger charge is -2.34. The molecule has 3 unspecified atom stereocenters. The first-order valence-electron chi connectivity index (χ1n) is 11.3. The molecule has 2 aromatic carbocycles. The van der Waals surface area contributed by atoms with Gasteiger partial charge < -0.3 is 25.8 Å². The quantitative estimate of drug-likeness (QED) is 0.391. The van der Waals surface area contributed by atoms with Crippen LogP contribution in [0.5, 0.6) is 0 Å². The number of aromatic amines is 1. The van der Waals surface area contributed by atoms with Crippen LogP contribution in [0.2, 0.25) is 0 Å².